The summed E-state index contributed by atoms with van der Waals surface area (Å²) in [5, 5.41) is 10.8. The maximum atomic E-state index is 15.1. The summed E-state index contributed by atoms with van der Waals surface area (Å²) in [5.74, 6) is -1.26. The summed E-state index contributed by atoms with van der Waals surface area (Å²) in [6.45, 7) is 13.1. The van der Waals surface area contributed by atoms with Crippen LogP contribution in [0.1, 0.15) is 31.4 Å². The van der Waals surface area contributed by atoms with Crippen LogP contribution in [0.25, 0.3) is 0 Å². The normalized spacial score (nSPS) is 25.5. The lowest BCUT2D eigenvalue weighted by Crippen LogP contribution is -2.59. The highest BCUT2D eigenvalue weighted by molar-refractivity contribution is 8.02. The Kier molecular flexibility index (Phi) is 10.8. The SMILES string of the molecule is C=CCN(Cc1ccccc1)C(=O)C1N([C@@H](CO)Cc2ccccc2)C(=O)[C@@H]2[C@@H](C(=O)N(CC=C)c3ccc(OCC)cc3)[C@H]3CC(C)C12S3. The standard InChI is InChI=1S/C41H47N3O5S/c1-5-22-42(26-30-16-12-9-13-17-30)40(48)37-41-28(4)24-34(50-41)35(38(46)43(23-6-2)31-18-20-33(21-19-31)49-7-3)36(41)39(47)44(37)32(27-45)25-29-14-10-8-11-15-29/h5-6,8-21,28,32,34-37,45H,1-2,7,22-27H2,3-4H3/t28?,32-,34-,35+,36+,37?,41?/m1/s1. The Labute approximate surface area is 299 Å². The van der Waals surface area contributed by atoms with E-state index in [4.69, 9.17) is 4.74 Å². The molecule has 2 bridgehead atoms. The van der Waals surface area contributed by atoms with Gasteiger partial charge in [0.05, 0.1) is 35.8 Å². The third kappa shape index (κ3) is 6.37. The molecule has 3 heterocycles. The van der Waals surface area contributed by atoms with Crippen LogP contribution < -0.4 is 9.64 Å². The molecule has 3 saturated heterocycles. The Bertz CT molecular complexity index is 1690. The molecule has 7 atom stereocenters. The first-order valence-corrected chi connectivity index (χ1v) is 18.4. The topological polar surface area (TPSA) is 90.4 Å². The van der Waals surface area contributed by atoms with Gasteiger partial charge in [-0.3, -0.25) is 14.4 Å². The van der Waals surface area contributed by atoms with Crippen molar-refractivity contribution < 1.29 is 24.2 Å². The summed E-state index contributed by atoms with van der Waals surface area (Å²) in [6, 6.07) is 25.4. The van der Waals surface area contributed by atoms with Gasteiger partial charge in [0, 0.05) is 30.6 Å². The highest BCUT2D eigenvalue weighted by Crippen LogP contribution is 2.69. The first-order chi connectivity index (χ1) is 24.3. The zero-order valence-corrected chi connectivity index (χ0v) is 29.7. The predicted octanol–water partition coefficient (Wildman–Crippen LogP) is 5.76. The van der Waals surface area contributed by atoms with Crippen LogP contribution >= 0.6 is 11.8 Å². The van der Waals surface area contributed by atoms with Gasteiger partial charge >= 0.3 is 0 Å². The number of hydrogen-bond acceptors (Lipinski definition) is 6. The molecule has 0 radical (unpaired) electrons. The van der Waals surface area contributed by atoms with Crippen LogP contribution in [-0.4, -0.2) is 81.0 Å². The number of fused-ring (bicyclic) bond motifs is 1. The number of rotatable bonds is 15. The minimum Gasteiger partial charge on any atom is -0.494 e. The van der Waals surface area contributed by atoms with Crippen molar-refractivity contribution >= 4 is 35.2 Å². The molecule has 50 heavy (non-hydrogen) atoms. The molecule has 1 N–H and O–H groups in total. The van der Waals surface area contributed by atoms with E-state index in [1.54, 1.807) is 38.6 Å². The number of nitrogens with zero attached hydrogens (tertiary/aromatic N) is 3. The van der Waals surface area contributed by atoms with Crippen molar-refractivity contribution in [3.8, 4) is 5.75 Å². The van der Waals surface area contributed by atoms with Gasteiger partial charge in [-0.1, -0.05) is 79.7 Å². The van der Waals surface area contributed by atoms with E-state index in [2.05, 4.69) is 20.1 Å². The number of hydrogen-bond donors (Lipinski definition) is 1. The molecule has 8 nitrogen and oxygen atoms in total. The van der Waals surface area contributed by atoms with Crippen LogP contribution in [0.15, 0.2) is 110 Å². The minimum absolute atomic E-state index is 0.0221. The fourth-order valence-electron chi connectivity index (χ4n) is 8.44. The van der Waals surface area contributed by atoms with Gasteiger partial charge in [0.25, 0.3) is 0 Å². The number of carbonyl (C=O) groups is 3. The van der Waals surface area contributed by atoms with Crippen molar-refractivity contribution in [3.05, 3.63) is 121 Å². The van der Waals surface area contributed by atoms with Gasteiger partial charge in [0.2, 0.25) is 17.7 Å². The molecular formula is C41H47N3O5S. The number of thioether (sulfide) groups is 1. The molecule has 3 unspecified atom stereocenters. The lowest BCUT2D eigenvalue weighted by Gasteiger charge is -2.42. The van der Waals surface area contributed by atoms with Crippen molar-refractivity contribution in [3.63, 3.8) is 0 Å². The smallest absolute Gasteiger partial charge is 0.247 e. The maximum Gasteiger partial charge on any atom is 0.247 e. The third-order valence-corrected chi connectivity index (χ3v) is 12.6. The van der Waals surface area contributed by atoms with E-state index in [1.807, 2.05) is 91.9 Å². The first-order valence-electron chi connectivity index (χ1n) is 17.5. The Balaban J connectivity index is 1.43. The first kappa shape index (κ1) is 35.5. The van der Waals surface area contributed by atoms with E-state index in [1.165, 1.54) is 0 Å². The number of aliphatic hydroxyl groups excluding tert-OH is 1. The van der Waals surface area contributed by atoms with E-state index in [0.717, 1.165) is 11.1 Å². The zero-order valence-electron chi connectivity index (χ0n) is 28.9. The maximum absolute atomic E-state index is 15.1. The fourth-order valence-corrected chi connectivity index (χ4v) is 10.8. The number of anilines is 1. The van der Waals surface area contributed by atoms with Crippen molar-refractivity contribution in [2.24, 2.45) is 17.8 Å². The van der Waals surface area contributed by atoms with Gasteiger partial charge in [0.1, 0.15) is 11.8 Å². The second-order valence-electron chi connectivity index (χ2n) is 13.5. The molecule has 9 heteroatoms. The van der Waals surface area contributed by atoms with Crippen LogP contribution in [0.5, 0.6) is 5.75 Å². The molecule has 3 aliphatic heterocycles. The molecule has 6 rings (SSSR count). The van der Waals surface area contributed by atoms with Crippen LogP contribution in [-0.2, 0) is 27.3 Å². The summed E-state index contributed by atoms with van der Waals surface area (Å²) in [7, 11) is 0. The molecule has 3 fully saturated rings. The quantitative estimate of drug-likeness (QED) is 0.204. The van der Waals surface area contributed by atoms with Gasteiger partial charge in [-0.05, 0) is 61.1 Å². The third-order valence-electron chi connectivity index (χ3n) is 10.5. The summed E-state index contributed by atoms with van der Waals surface area (Å²) in [4.78, 5) is 50.2. The Morgan fingerprint density at radius 1 is 0.980 bits per heavy atom. The average molecular weight is 694 g/mol. The largest absolute Gasteiger partial charge is 0.494 e. The molecule has 0 aliphatic carbocycles. The van der Waals surface area contributed by atoms with E-state index in [0.29, 0.717) is 44.0 Å². The van der Waals surface area contributed by atoms with Gasteiger partial charge in [-0.25, -0.2) is 0 Å². The predicted molar refractivity (Wildman–Crippen MR) is 199 cm³/mol. The van der Waals surface area contributed by atoms with Crippen molar-refractivity contribution in [2.75, 3.05) is 31.2 Å². The van der Waals surface area contributed by atoms with Crippen LogP contribution in [0.2, 0.25) is 0 Å². The average Bonchev–Trinajstić information content (AvgIpc) is 3.73. The Morgan fingerprint density at radius 2 is 1.62 bits per heavy atom. The van der Waals surface area contributed by atoms with Crippen molar-refractivity contribution in [2.45, 2.75) is 55.3 Å². The second-order valence-corrected chi connectivity index (χ2v) is 15.0. The molecule has 3 aromatic carbocycles. The monoisotopic (exact) mass is 693 g/mol. The number of ether oxygens (including phenoxy) is 1. The van der Waals surface area contributed by atoms with Gasteiger partial charge < -0.3 is 24.5 Å². The summed E-state index contributed by atoms with van der Waals surface area (Å²) in [6.07, 6.45) is 4.49. The Hall–Kier alpha value is -4.34. The molecule has 0 aromatic heterocycles. The second kappa shape index (κ2) is 15.3. The minimum atomic E-state index is -0.870. The fraction of sp³-hybridized carbons (Fsp3) is 0.390. The zero-order chi connectivity index (χ0) is 35.4. The van der Waals surface area contributed by atoms with Gasteiger partial charge in [0.15, 0.2) is 0 Å². The number of carbonyl (C=O) groups excluding carboxylic acids is 3. The number of benzene rings is 3. The van der Waals surface area contributed by atoms with Crippen LogP contribution in [0, 0.1) is 17.8 Å². The van der Waals surface area contributed by atoms with Gasteiger partial charge in [-0.15, -0.1) is 24.9 Å². The molecule has 3 aliphatic rings. The van der Waals surface area contributed by atoms with Crippen LogP contribution in [0.4, 0.5) is 5.69 Å². The van der Waals surface area contributed by atoms with Crippen molar-refractivity contribution in [1.82, 2.24) is 9.80 Å². The number of amides is 3. The summed E-state index contributed by atoms with van der Waals surface area (Å²) < 4.78 is 4.79. The summed E-state index contributed by atoms with van der Waals surface area (Å²) in [5.41, 5.74) is 2.62. The van der Waals surface area contributed by atoms with Crippen molar-refractivity contribution in [1.29, 1.82) is 0 Å². The number of likely N-dealkylation sites (tertiary alicyclic amines) is 1. The molecule has 1 spiro atoms. The van der Waals surface area contributed by atoms with E-state index < -0.39 is 28.7 Å². The lowest BCUT2D eigenvalue weighted by molar-refractivity contribution is -0.146. The summed E-state index contributed by atoms with van der Waals surface area (Å²) >= 11 is 1.64. The molecule has 262 valence electrons. The van der Waals surface area contributed by atoms with E-state index in [-0.39, 0.29) is 42.0 Å². The van der Waals surface area contributed by atoms with E-state index in [9.17, 15) is 9.90 Å². The highest BCUT2D eigenvalue weighted by atomic mass is 32.2. The van der Waals surface area contributed by atoms with E-state index >= 15 is 9.59 Å². The molecule has 0 saturated carbocycles. The van der Waals surface area contributed by atoms with Gasteiger partial charge in [-0.2, -0.15) is 0 Å². The molecule has 3 amide bonds. The number of aliphatic hydroxyl groups is 1. The van der Waals surface area contributed by atoms with Crippen LogP contribution in [0.3, 0.4) is 0 Å². The lowest BCUT2D eigenvalue weighted by atomic mass is 9.65. The molecular weight excluding hydrogens is 647 g/mol. The highest BCUT2D eigenvalue weighted by Gasteiger charge is 2.77. The Morgan fingerprint density at radius 3 is 2.22 bits per heavy atom. The molecule has 3 aromatic rings.